The molecule has 3 rings (SSSR count). The number of nitrogens with one attached hydrogen (secondary N) is 2. The maximum absolute atomic E-state index is 12.1. The maximum Gasteiger partial charge on any atom is 0.315 e. The molecule has 0 radical (unpaired) electrons. The number of imidazole rings is 1. The van der Waals surface area contributed by atoms with Crippen LogP contribution in [0, 0.1) is 0 Å². The Bertz CT molecular complexity index is 652. The van der Waals surface area contributed by atoms with Crippen molar-refractivity contribution < 1.29 is 4.79 Å². The summed E-state index contributed by atoms with van der Waals surface area (Å²) in [5.74, 6) is 0. The summed E-state index contributed by atoms with van der Waals surface area (Å²) in [5.41, 5.74) is 1.12. The molecule has 0 aromatic carbocycles. The molecule has 1 aliphatic heterocycles. The van der Waals surface area contributed by atoms with Crippen molar-refractivity contribution in [3.8, 4) is 0 Å². The smallest absolute Gasteiger partial charge is 0.315 e. The average Bonchev–Trinajstić information content (AvgIpc) is 3.26. The van der Waals surface area contributed by atoms with Crippen molar-refractivity contribution in [3.63, 3.8) is 0 Å². The van der Waals surface area contributed by atoms with E-state index in [1.807, 2.05) is 36.6 Å². The lowest BCUT2D eigenvalue weighted by Crippen LogP contribution is -2.50. The average molecular weight is 345 g/mol. The quantitative estimate of drug-likeness (QED) is 0.743. The Hall–Kier alpha value is -2.51. The molecule has 1 fully saturated rings. The second-order valence-electron chi connectivity index (χ2n) is 6.57. The third-order valence-corrected chi connectivity index (χ3v) is 4.50. The molecule has 2 amide bonds. The van der Waals surface area contributed by atoms with Crippen LogP contribution in [0.3, 0.4) is 0 Å². The first-order chi connectivity index (χ1) is 12.2. The van der Waals surface area contributed by atoms with Gasteiger partial charge in [0.25, 0.3) is 0 Å². The first-order valence-corrected chi connectivity index (χ1v) is 8.94. The number of unbranched alkanes of at least 4 members (excludes halogenated alkanes) is 1. The Morgan fingerprint density at radius 1 is 1.40 bits per heavy atom. The van der Waals surface area contributed by atoms with E-state index in [1.54, 1.807) is 6.20 Å². The van der Waals surface area contributed by atoms with Gasteiger partial charge in [-0.1, -0.05) is 0 Å². The molecule has 8 heteroatoms. The summed E-state index contributed by atoms with van der Waals surface area (Å²) < 4.78 is 3.86. The van der Waals surface area contributed by atoms with Gasteiger partial charge in [-0.25, -0.2) is 9.78 Å². The zero-order valence-electron chi connectivity index (χ0n) is 14.8. The lowest BCUT2D eigenvalue weighted by molar-refractivity contribution is 0.235. The molecule has 1 saturated heterocycles. The molecule has 0 unspecified atom stereocenters. The van der Waals surface area contributed by atoms with Gasteiger partial charge in [0.05, 0.1) is 18.2 Å². The highest BCUT2D eigenvalue weighted by Gasteiger charge is 2.22. The fraction of sp³-hybridized carbons (Fsp3) is 0.588. The van der Waals surface area contributed by atoms with Gasteiger partial charge in [0.15, 0.2) is 0 Å². The van der Waals surface area contributed by atoms with E-state index in [9.17, 15) is 4.79 Å². The minimum atomic E-state index is -0.0688. The molecule has 136 valence electrons. The first-order valence-electron chi connectivity index (χ1n) is 8.94. The zero-order chi connectivity index (χ0) is 17.5. The van der Waals surface area contributed by atoms with E-state index in [4.69, 9.17) is 0 Å². The van der Waals surface area contributed by atoms with Crippen molar-refractivity contribution >= 4 is 11.7 Å². The molecule has 1 aliphatic rings. The van der Waals surface area contributed by atoms with Crippen LogP contribution in [0.4, 0.5) is 10.5 Å². The topological polar surface area (TPSA) is 80.0 Å². The molecule has 0 bridgehead atoms. The summed E-state index contributed by atoms with van der Waals surface area (Å²) in [6.07, 6.45) is 13.5. The van der Waals surface area contributed by atoms with Gasteiger partial charge in [0, 0.05) is 57.9 Å². The fourth-order valence-electron chi connectivity index (χ4n) is 3.18. The van der Waals surface area contributed by atoms with E-state index in [1.165, 1.54) is 0 Å². The van der Waals surface area contributed by atoms with Crippen molar-refractivity contribution in [2.24, 2.45) is 7.05 Å². The Morgan fingerprint density at radius 3 is 3.08 bits per heavy atom. The van der Waals surface area contributed by atoms with Gasteiger partial charge in [-0.15, -0.1) is 0 Å². The van der Waals surface area contributed by atoms with Crippen LogP contribution in [0.15, 0.2) is 31.1 Å². The molecule has 3 heterocycles. The van der Waals surface area contributed by atoms with Crippen LogP contribution < -0.4 is 15.5 Å². The van der Waals surface area contributed by atoms with Crippen LogP contribution in [-0.2, 0) is 13.6 Å². The maximum atomic E-state index is 12.1. The third kappa shape index (κ3) is 5.23. The molecule has 0 spiro atoms. The standard InChI is InChI=1S/C17H27N7O/c1-22-13-16(11-20-22)24-9-4-5-15(12-24)21-17(25)19-6-2-3-8-23-10-7-18-14-23/h7,10-11,13-15H,2-6,8-9,12H2,1H3,(H2,19,21,25)/t15-/m1/s1. The van der Waals surface area contributed by atoms with E-state index in [0.29, 0.717) is 6.54 Å². The molecule has 2 aromatic rings. The summed E-state index contributed by atoms with van der Waals surface area (Å²) in [5, 5.41) is 10.3. The number of anilines is 1. The number of aryl methyl sites for hydroxylation is 2. The lowest BCUT2D eigenvalue weighted by Gasteiger charge is -2.33. The van der Waals surface area contributed by atoms with Crippen LogP contribution in [0.25, 0.3) is 0 Å². The minimum Gasteiger partial charge on any atom is -0.367 e. The number of aromatic nitrogens is 4. The largest absolute Gasteiger partial charge is 0.367 e. The van der Waals surface area contributed by atoms with Crippen LogP contribution in [-0.4, -0.2) is 51.0 Å². The second-order valence-corrected chi connectivity index (χ2v) is 6.57. The normalized spacial score (nSPS) is 17.5. The van der Waals surface area contributed by atoms with E-state index < -0.39 is 0 Å². The highest BCUT2D eigenvalue weighted by Crippen LogP contribution is 2.18. The van der Waals surface area contributed by atoms with Gasteiger partial charge >= 0.3 is 6.03 Å². The number of piperidine rings is 1. The second kappa shape index (κ2) is 8.55. The number of amides is 2. The minimum absolute atomic E-state index is 0.0688. The number of rotatable bonds is 7. The van der Waals surface area contributed by atoms with Gasteiger partial charge in [0.2, 0.25) is 0 Å². The van der Waals surface area contributed by atoms with E-state index in [0.717, 1.165) is 51.0 Å². The number of carbonyl (C=O) groups is 1. The van der Waals surface area contributed by atoms with Crippen LogP contribution >= 0.6 is 0 Å². The molecule has 25 heavy (non-hydrogen) atoms. The van der Waals surface area contributed by atoms with E-state index >= 15 is 0 Å². The molecular formula is C17H27N7O. The lowest BCUT2D eigenvalue weighted by atomic mass is 10.1. The monoisotopic (exact) mass is 345 g/mol. The summed E-state index contributed by atoms with van der Waals surface area (Å²) in [6, 6.07) is 0.112. The van der Waals surface area contributed by atoms with Crippen molar-refractivity contribution in [3.05, 3.63) is 31.1 Å². The molecule has 2 aromatic heterocycles. The fourth-order valence-corrected chi connectivity index (χ4v) is 3.18. The van der Waals surface area contributed by atoms with Crippen molar-refractivity contribution in [1.29, 1.82) is 0 Å². The predicted octanol–water partition coefficient (Wildman–Crippen LogP) is 1.36. The molecule has 8 nitrogen and oxygen atoms in total. The predicted molar refractivity (Wildman–Crippen MR) is 96.4 cm³/mol. The Kier molecular flexibility index (Phi) is 5.92. The summed E-state index contributed by atoms with van der Waals surface area (Å²) >= 11 is 0. The number of urea groups is 1. The Labute approximate surface area is 148 Å². The molecular weight excluding hydrogens is 318 g/mol. The number of hydrogen-bond acceptors (Lipinski definition) is 4. The van der Waals surface area contributed by atoms with Gasteiger partial charge < -0.3 is 20.1 Å². The van der Waals surface area contributed by atoms with Crippen LogP contribution in [0.1, 0.15) is 25.7 Å². The number of nitrogens with zero attached hydrogens (tertiary/aromatic N) is 5. The summed E-state index contributed by atoms with van der Waals surface area (Å²) in [4.78, 5) is 18.4. The van der Waals surface area contributed by atoms with Gasteiger partial charge in [-0.2, -0.15) is 5.10 Å². The van der Waals surface area contributed by atoms with Crippen LogP contribution in [0.5, 0.6) is 0 Å². The van der Waals surface area contributed by atoms with Gasteiger partial charge in [0.1, 0.15) is 0 Å². The zero-order valence-corrected chi connectivity index (χ0v) is 14.8. The molecule has 1 atom stereocenters. The SMILES string of the molecule is Cn1cc(N2CCC[C@@H](NC(=O)NCCCCn3ccnc3)C2)cn1. The Balaban J connectivity index is 1.33. The summed E-state index contributed by atoms with van der Waals surface area (Å²) in [6.45, 7) is 3.48. The highest BCUT2D eigenvalue weighted by molar-refractivity contribution is 5.74. The molecule has 2 N–H and O–H groups in total. The molecule has 0 aliphatic carbocycles. The number of hydrogen-bond donors (Lipinski definition) is 2. The van der Waals surface area contributed by atoms with E-state index in [-0.39, 0.29) is 12.1 Å². The third-order valence-electron chi connectivity index (χ3n) is 4.50. The van der Waals surface area contributed by atoms with Crippen molar-refractivity contribution in [1.82, 2.24) is 30.0 Å². The first kappa shape index (κ1) is 17.3. The van der Waals surface area contributed by atoms with Crippen molar-refractivity contribution in [2.75, 3.05) is 24.5 Å². The van der Waals surface area contributed by atoms with E-state index in [2.05, 4.69) is 30.2 Å². The molecule has 0 saturated carbocycles. The van der Waals surface area contributed by atoms with Gasteiger partial charge in [-0.3, -0.25) is 4.68 Å². The summed E-state index contributed by atoms with van der Waals surface area (Å²) in [7, 11) is 1.92. The van der Waals surface area contributed by atoms with Crippen molar-refractivity contribution in [2.45, 2.75) is 38.3 Å². The Morgan fingerprint density at radius 2 is 2.32 bits per heavy atom. The number of carbonyl (C=O) groups excluding carboxylic acids is 1. The van der Waals surface area contributed by atoms with Crippen LogP contribution in [0.2, 0.25) is 0 Å². The highest BCUT2D eigenvalue weighted by atomic mass is 16.2. The van der Waals surface area contributed by atoms with Gasteiger partial charge in [-0.05, 0) is 25.7 Å².